The summed E-state index contributed by atoms with van der Waals surface area (Å²) in [5.41, 5.74) is 0. The van der Waals surface area contributed by atoms with Gasteiger partial charge in [0.2, 0.25) is 0 Å². The number of aliphatic hydroxyl groups is 1. The topological polar surface area (TPSA) is 60.9 Å². The van der Waals surface area contributed by atoms with Crippen molar-refractivity contribution in [1.82, 2.24) is 9.80 Å². The minimum atomic E-state index is -2.78. The molecular weight excluding hydrogens is 240 g/mol. The Morgan fingerprint density at radius 1 is 1.41 bits per heavy atom. The summed E-state index contributed by atoms with van der Waals surface area (Å²) >= 11 is 0. The smallest absolute Gasteiger partial charge is 0.151 e. The number of likely N-dealkylation sites (N-methyl/N-ethyl adjacent to an activating group) is 1. The van der Waals surface area contributed by atoms with Gasteiger partial charge in [-0.3, -0.25) is 9.80 Å². The van der Waals surface area contributed by atoms with Crippen LogP contribution in [-0.4, -0.2) is 80.2 Å². The maximum atomic E-state index is 11.4. The predicted octanol–water partition coefficient (Wildman–Crippen LogP) is -0.828. The number of aliphatic hydroxyl groups excluding tert-OH is 1. The van der Waals surface area contributed by atoms with E-state index in [-0.39, 0.29) is 12.6 Å². The van der Waals surface area contributed by atoms with Crippen molar-refractivity contribution in [3.05, 3.63) is 0 Å². The van der Waals surface area contributed by atoms with E-state index in [4.69, 9.17) is 5.11 Å². The van der Waals surface area contributed by atoms with Gasteiger partial charge in [0.05, 0.1) is 18.1 Å². The van der Waals surface area contributed by atoms with Crippen LogP contribution in [0, 0.1) is 0 Å². The van der Waals surface area contributed by atoms with Crippen LogP contribution < -0.4 is 0 Å². The Labute approximate surface area is 103 Å². The van der Waals surface area contributed by atoms with E-state index in [0.717, 1.165) is 25.9 Å². The highest BCUT2D eigenvalue weighted by atomic mass is 32.2. The number of rotatable bonds is 4. The van der Waals surface area contributed by atoms with E-state index in [0.29, 0.717) is 24.1 Å². The van der Waals surface area contributed by atoms with Crippen molar-refractivity contribution in [3.8, 4) is 0 Å². The summed E-state index contributed by atoms with van der Waals surface area (Å²) in [5, 5.41) is 8.91. The largest absolute Gasteiger partial charge is 0.395 e. The van der Waals surface area contributed by atoms with Gasteiger partial charge in [0.25, 0.3) is 0 Å². The van der Waals surface area contributed by atoms with Crippen LogP contribution in [0.25, 0.3) is 0 Å². The monoisotopic (exact) mass is 262 g/mol. The molecule has 0 aromatic rings. The fourth-order valence-electron chi connectivity index (χ4n) is 2.86. The van der Waals surface area contributed by atoms with Gasteiger partial charge in [-0.1, -0.05) is 0 Å². The zero-order valence-corrected chi connectivity index (χ0v) is 11.2. The summed E-state index contributed by atoms with van der Waals surface area (Å²) < 4.78 is 22.9. The van der Waals surface area contributed by atoms with Crippen molar-refractivity contribution < 1.29 is 13.5 Å². The summed E-state index contributed by atoms with van der Waals surface area (Å²) in [5.74, 6) is 0.689. The van der Waals surface area contributed by atoms with Crippen LogP contribution in [-0.2, 0) is 9.84 Å². The molecule has 2 aliphatic heterocycles. The third-order valence-corrected chi connectivity index (χ3v) is 5.75. The summed E-state index contributed by atoms with van der Waals surface area (Å²) in [4.78, 5) is 4.48. The molecule has 2 heterocycles. The van der Waals surface area contributed by atoms with Crippen LogP contribution in [0.5, 0.6) is 0 Å². The van der Waals surface area contributed by atoms with Crippen LogP contribution in [0.4, 0.5) is 0 Å². The van der Waals surface area contributed by atoms with Crippen LogP contribution in [0.1, 0.15) is 12.8 Å². The highest BCUT2D eigenvalue weighted by Crippen LogP contribution is 2.23. The van der Waals surface area contributed by atoms with E-state index >= 15 is 0 Å². The molecule has 2 saturated heterocycles. The molecule has 2 atom stereocenters. The molecule has 17 heavy (non-hydrogen) atoms. The van der Waals surface area contributed by atoms with E-state index < -0.39 is 9.84 Å². The fraction of sp³-hybridized carbons (Fsp3) is 1.00. The molecule has 2 rings (SSSR count). The highest BCUT2D eigenvalue weighted by Gasteiger charge is 2.36. The number of sulfone groups is 1. The van der Waals surface area contributed by atoms with Gasteiger partial charge in [0, 0.05) is 31.7 Å². The summed E-state index contributed by atoms with van der Waals surface area (Å²) in [6, 6.07) is 0.693. The SMILES string of the molecule is CN(CCO)C1CCN(C2CCS(=O)(=O)C2)C1. The second-order valence-electron chi connectivity index (χ2n) is 5.20. The van der Waals surface area contributed by atoms with Crippen molar-refractivity contribution >= 4 is 9.84 Å². The fourth-order valence-corrected chi connectivity index (χ4v) is 4.62. The van der Waals surface area contributed by atoms with Gasteiger partial charge in [-0.15, -0.1) is 0 Å². The molecule has 0 aromatic carbocycles. The summed E-state index contributed by atoms with van der Waals surface area (Å²) in [7, 11) is -0.753. The number of nitrogens with zero attached hydrogens (tertiary/aromatic N) is 2. The molecule has 5 nitrogen and oxygen atoms in total. The lowest BCUT2D eigenvalue weighted by Gasteiger charge is -2.26. The molecule has 0 aliphatic carbocycles. The maximum absolute atomic E-state index is 11.4. The zero-order valence-electron chi connectivity index (χ0n) is 10.4. The predicted molar refractivity (Wildman–Crippen MR) is 66.8 cm³/mol. The molecule has 2 unspecified atom stereocenters. The second-order valence-corrected chi connectivity index (χ2v) is 7.43. The number of likely N-dealkylation sites (tertiary alicyclic amines) is 1. The van der Waals surface area contributed by atoms with Crippen molar-refractivity contribution in [2.24, 2.45) is 0 Å². The maximum Gasteiger partial charge on any atom is 0.151 e. The highest BCUT2D eigenvalue weighted by molar-refractivity contribution is 7.91. The Morgan fingerprint density at radius 2 is 2.18 bits per heavy atom. The van der Waals surface area contributed by atoms with E-state index in [1.54, 1.807) is 0 Å². The van der Waals surface area contributed by atoms with Crippen molar-refractivity contribution in [3.63, 3.8) is 0 Å². The van der Waals surface area contributed by atoms with E-state index in [1.807, 2.05) is 7.05 Å². The summed E-state index contributed by atoms with van der Waals surface area (Å²) in [6.07, 6.45) is 1.87. The molecule has 0 saturated carbocycles. The second kappa shape index (κ2) is 5.22. The van der Waals surface area contributed by atoms with Gasteiger partial charge < -0.3 is 5.11 Å². The minimum absolute atomic E-state index is 0.185. The average molecular weight is 262 g/mol. The molecule has 0 radical (unpaired) electrons. The Morgan fingerprint density at radius 3 is 2.76 bits per heavy atom. The first-order valence-corrected chi connectivity index (χ1v) is 8.09. The third-order valence-electron chi connectivity index (χ3n) is 4.00. The Bertz CT molecular complexity index is 358. The quantitative estimate of drug-likeness (QED) is 0.717. The van der Waals surface area contributed by atoms with Gasteiger partial charge in [-0.05, 0) is 19.9 Å². The molecule has 1 N–H and O–H groups in total. The van der Waals surface area contributed by atoms with Crippen molar-refractivity contribution in [2.45, 2.75) is 24.9 Å². The molecule has 2 aliphatic rings. The zero-order chi connectivity index (χ0) is 12.5. The van der Waals surface area contributed by atoms with Gasteiger partial charge in [-0.2, -0.15) is 0 Å². The van der Waals surface area contributed by atoms with Crippen molar-refractivity contribution in [1.29, 1.82) is 0 Å². The van der Waals surface area contributed by atoms with Gasteiger partial charge in [0.15, 0.2) is 9.84 Å². The first-order chi connectivity index (χ1) is 8.02. The Kier molecular flexibility index (Phi) is 4.07. The minimum Gasteiger partial charge on any atom is -0.395 e. The van der Waals surface area contributed by atoms with Crippen molar-refractivity contribution in [2.75, 3.05) is 44.8 Å². The number of hydrogen-bond acceptors (Lipinski definition) is 5. The molecule has 6 heteroatoms. The van der Waals surface area contributed by atoms with Gasteiger partial charge in [-0.25, -0.2) is 8.42 Å². The standard InChI is InChI=1S/C11H22N2O3S/c1-12(5-6-14)10-2-4-13(8-10)11-3-7-17(15,16)9-11/h10-11,14H,2-9H2,1H3. The molecular formula is C11H22N2O3S. The molecule has 100 valence electrons. The summed E-state index contributed by atoms with van der Waals surface area (Å²) in [6.45, 7) is 2.81. The van der Waals surface area contributed by atoms with Gasteiger partial charge in [0.1, 0.15) is 0 Å². The van der Waals surface area contributed by atoms with Crippen LogP contribution in [0.15, 0.2) is 0 Å². The normalized spacial score (nSPS) is 33.6. The number of hydrogen-bond donors (Lipinski definition) is 1. The molecule has 0 spiro atoms. The van der Waals surface area contributed by atoms with E-state index in [1.165, 1.54) is 0 Å². The molecule has 2 fully saturated rings. The van der Waals surface area contributed by atoms with E-state index in [2.05, 4.69) is 9.80 Å². The third kappa shape index (κ3) is 3.19. The molecule has 0 aromatic heterocycles. The molecule has 0 amide bonds. The Hall–Kier alpha value is -0.170. The van der Waals surface area contributed by atoms with Crippen LogP contribution in [0.2, 0.25) is 0 Å². The average Bonchev–Trinajstić information content (AvgIpc) is 2.84. The lowest BCUT2D eigenvalue weighted by molar-refractivity contribution is 0.171. The lowest BCUT2D eigenvalue weighted by atomic mass is 10.2. The first kappa shape index (κ1) is 13.3. The van der Waals surface area contributed by atoms with E-state index in [9.17, 15) is 8.42 Å². The van der Waals surface area contributed by atoms with Crippen LogP contribution in [0.3, 0.4) is 0 Å². The lowest BCUT2D eigenvalue weighted by Crippen LogP contribution is -2.39. The Balaban J connectivity index is 1.86. The van der Waals surface area contributed by atoms with Gasteiger partial charge >= 0.3 is 0 Å². The molecule has 0 bridgehead atoms. The van der Waals surface area contributed by atoms with Crippen LogP contribution >= 0.6 is 0 Å². The first-order valence-electron chi connectivity index (χ1n) is 6.27.